The molecule has 1 heterocycles. The molecule has 0 radical (unpaired) electrons. The zero-order valence-corrected chi connectivity index (χ0v) is 11.9. The molecule has 2 rings (SSSR count). The number of benzene rings is 1. The molecule has 0 saturated carbocycles. The molecule has 19 heavy (non-hydrogen) atoms. The standard InChI is InChI=1S/C15H21ClN2O/c16-14-3-1-2-12(10-14)6-9-18-15(19)11-13-4-7-17-8-5-13/h1-3,10,13,17H,4-9,11H2,(H,18,19). The summed E-state index contributed by atoms with van der Waals surface area (Å²) >= 11 is 5.92. The summed E-state index contributed by atoms with van der Waals surface area (Å²) in [5.74, 6) is 0.723. The molecule has 0 bridgehead atoms. The number of halogens is 1. The molecule has 0 aromatic heterocycles. The van der Waals surface area contributed by atoms with Crippen LogP contribution >= 0.6 is 11.6 Å². The SMILES string of the molecule is O=C(CC1CCNCC1)NCCc1cccc(Cl)c1. The summed E-state index contributed by atoms with van der Waals surface area (Å²) in [6, 6.07) is 7.78. The summed E-state index contributed by atoms with van der Waals surface area (Å²) in [5, 5.41) is 7.06. The maximum Gasteiger partial charge on any atom is 0.220 e. The Hall–Kier alpha value is -1.06. The van der Waals surface area contributed by atoms with Gasteiger partial charge in [-0.25, -0.2) is 0 Å². The molecular weight excluding hydrogens is 260 g/mol. The van der Waals surface area contributed by atoms with Gasteiger partial charge in [-0.2, -0.15) is 0 Å². The van der Waals surface area contributed by atoms with Crippen molar-refractivity contribution in [3.05, 3.63) is 34.9 Å². The predicted octanol–water partition coefficient (Wildman–Crippen LogP) is 2.39. The molecule has 1 aromatic rings. The molecule has 0 atom stereocenters. The van der Waals surface area contributed by atoms with Crippen LogP contribution in [0.4, 0.5) is 0 Å². The van der Waals surface area contributed by atoms with Gasteiger partial charge in [0.15, 0.2) is 0 Å². The Balaban J connectivity index is 1.66. The van der Waals surface area contributed by atoms with E-state index >= 15 is 0 Å². The molecule has 1 amide bonds. The molecule has 0 spiro atoms. The molecular formula is C15H21ClN2O. The van der Waals surface area contributed by atoms with Crippen LogP contribution in [0.3, 0.4) is 0 Å². The third kappa shape index (κ3) is 5.21. The first-order valence-electron chi connectivity index (χ1n) is 6.96. The maximum absolute atomic E-state index is 11.8. The normalized spacial score (nSPS) is 16.3. The van der Waals surface area contributed by atoms with Crippen LogP contribution in [-0.2, 0) is 11.2 Å². The number of carbonyl (C=O) groups is 1. The quantitative estimate of drug-likeness (QED) is 0.870. The number of carbonyl (C=O) groups excluding carboxylic acids is 1. The van der Waals surface area contributed by atoms with Gasteiger partial charge in [0.25, 0.3) is 0 Å². The highest BCUT2D eigenvalue weighted by molar-refractivity contribution is 6.30. The Labute approximate surface area is 119 Å². The van der Waals surface area contributed by atoms with Crippen LogP contribution in [0.2, 0.25) is 5.02 Å². The van der Waals surface area contributed by atoms with Gasteiger partial charge in [-0.15, -0.1) is 0 Å². The molecule has 2 N–H and O–H groups in total. The van der Waals surface area contributed by atoms with Gasteiger partial charge in [-0.05, 0) is 56.0 Å². The van der Waals surface area contributed by atoms with Gasteiger partial charge in [-0.1, -0.05) is 23.7 Å². The van der Waals surface area contributed by atoms with E-state index in [0.29, 0.717) is 18.9 Å². The smallest absolute Gasteiger partial charge is 0.220 e. The largest absolute Gasteiger partial charge is 0.356 e. The number of hydrogen-bond donors (Lipinski definition) is 2. The first-order chi connectivity index (χ1) is 9.24. The minimum absolute atomic E-state index is 0.175. The maximum atomic E-state index is 11.8. The zero-order chi connectivity index (χ0) is 13.5. The van der Waals surface area contributed by atoms with Crippen LogP contribution in [0, 0.1) is 5.92 Å². The molecule has 1 fully saturated rings. The Bertz CT molecular complexity index is 416. The van der Waals surface area contributed by atoms with Crippen molar-refractivity contribution in [2.45, 2.75) is 25.7 Å². The fourth-order valence-electron chi connectivity index (χ4n) is 2.46. The Morgan fingerprint density at radius 3 is 2.89 bits per heavy atom. The zero-order valence-electron chi connectivity index (χ0n) is 11.1. The van der Waals surface area contributed by atoms with Gasteiger partial charge in [0.1, 0.15) is 0 Å². The molecule has 3 nitrogen and oxygen atoms in total. The summed E-state index contributed by atoms with van der Waals surface area (Å²) in [6.45, 7) is 2.77. The Morgan fingerprint density at radius 1 is 1.37 bits per heavy atom. The van der Waals surface area contributed by atoms with Gasteiger partial charge in [0, 0.05) is 18.0 Å². The lowest BCUT2D eigenvalue weighted by Crippen LogP contribution is -2.33. The van der Waals surface area contributed by atoms with Crippen molar-refractivity contribution in [2.24, 2.45) is 5.92 Å². The van der Waals surface area contributed by atoms with Crippen LogP contribution in [0.15, 0.2) is 24.3 Å². The van der Waals surface area contributed by atoms with Gasteiger partial charge in [0.2, 0.25) is 5.91 Å². The van der Waals surface area contributed by atoms with E-state index < -0.39 is 0 Å². The average Bonchev–Trinajstić information content (AvgIpc) is 2.40. The fourth-order valence-corrected chi connectivity index (χ4v) is 2.67. The molecule has 1 aliphatic heterocycles. The molecule has 4 heteroatoms. The van der Waals surface area contributed by atoms with Crippen LogP contribution in [0.25, 0.3) is 0 Å². The minimum Gasteiger partial charge on any atom is -0.356 e. The first-order valence-corrected chi connectivity index (χ1v) is 7.33. The second-order valence-corrected chi connectivity index (χ2v) is 5.56. The lowest BCUT2D eigenvalue weighted by atomic mass is 9.94. The van der Waals surface area contributed by atoms with Crippen molar-refractivity contribution in [3.8, 4) is 0 Å². The van der Waals surface area contributed by atoms with Gasteiger partial charge in [0.05, 0.1) is 0 Å². The van der Waals surface area contributed by atoms with Crippen LogP contribution in [-0.4, -0.2) is 25.5 Å². The van der Waals surface area contributed by atoms with E-state index in [2.05, 4.69) is 10.6 Å². The molecule has 1 aliphatic rings. The van der Waals surface area contributed by atoms with Crippen LogP contribution in [0.5, 0.6) is 0 Å². The fraction of sp³-hybridized carbons (Fsp3) is 0.533. The van der Waals surface area contributed by atoms with E-state index in [1.54, 1.807) is 0 Å². The van der Waals surface area contributed by atoms with Crippen LogP contribution < -0.4 is 10.6 Å². The van der Waals surface area contributed by atoms with Gasteiger partial charge in [-0.3, -0.25) is 4.79 Å². The summed E-state index contributed by atoms with van der Waals surface area (Å²) < 4.78 is 0. The summed E-state index contributed by atoms with van der Waals surface area (Å²) in [7, 11) is 0. The third-order valence-corrected chi connectivity index (χ3v) is 3.79. The van der Waals surface area contributed by atoms with Crippen molar-refractivity contribution in [3.63, 3.8) is 0 Å². The molecule has 1 aromatic carbocycles. The Kier molecular flexibility index (Phi) is 5.67. The predicted molar refractivity (Wildman–Crippen MR) is 78.4 cm³/mol. The number of hydrogen-bond acceptors (Lipinski definition) is 2. The minimum atomic E-state index is 0.175. The summed E-state index contributed by atoms with van der Waals surface area (Å²) in [4.78, 5) is 11.8. The number of piperidine rings is 1. The first kappa shape index (κ1) is 14.4. The molecule has 0 aliphatic carbocycles. The van der Waals surface area contributed by atoms with Crippen molar-refractivity contribution < 1.29 is 4.79 Å². The van der Waals surface area contributed by atoms with E-state index in [1.165, 1.54) is 0 Å². The van der Waals surface area contributed by atoms with Gasteiger partial charge < -0.3 is 10.6 Å². The Morgan fingerprint density at radius 2 is 2.16 bits per heavy atom. The average molecular weight is 281 g/mol. The van der Waals surface area contributed by atoms with E-state index in [-0.39, 0.29) is 5.91 Å². The molecule has 1 saturated heterocycles. The highest BCUT2D eigenvalue weighted by Crippen LogP contribution is 2.15. The molecule has 0 unspecified atom stereocenters. The van der Waals surface area contributed by atoms with E-state index in [4.69, 9.17) is 11.6 Å². The van der Waals surface area contributed by atoms with Gasteiger partial charge >= 0.3 is 0 Å². The third-order valence-electron chi connectivity index (χ3n) is 3.56. The van der Waals surface area contributed by atoms with E-state index in [0.717, 1.165) is 42.9 Å². The van der Waals surface area contributed by atoms with Crippen molar-refractivity contribution in [1.82, 2.24) is 10.6 Å². The molecule has 104 valence electrons. The monoisotopic (exact) mass is 280 g/mol. The topological polar surface area (TPSA) is 41.1 Å². The van der Waals surface area contributed by atoms with Crippen molar-refractivity contribution >= 4 is 17.5 Å². The number of rotatable bonds is 5. The second kappa shape index (κ2) is 7.51. The highest BCUT2D eigenvalue weighted by atomic mass is 35.5. The lowest BCUT2D eigenvalue weighted by Gasteiger charge is -2.21. The summed E-state index contributed by atoms with van der Waals surface area (Å²) in [5.41, 5.74) is 1.16. The number of nitrogens with one attached hydrogen (secondary N) is 2. The van der Waals surface area contributed by atoms with Crippen molar-refractivity contribution in [1.29, 1.82) is 0 Å². The summed E-state index contributed by atoms with van der Waals surface area (Å²) in [6.07, 6.45) is 3.72. The number of amides is 1. The van der Waals surface area contributed by atoms with Crippen molar-refractivity contribution in [2.75, 3.05) is 19.6 Å². The second-order valence-electron chi connectivity index (χ2n) is 5.13. The van der Waals surface area contributed by atoms with Crippen LogP contribution in [0.1, 0.15) is 24.8 Å². The highest BCUT2D eigenvalue weighted by Gasteiger charge is 2.16. The lowest BCUT2D eigenvalue weighted by molar-refractivity contribution is -0.122. The van der Waals surface area contributed by atoms with E-state index in [1.807, 2.05) is 24.3 Å². The van der Waals surface area contributed by atoms with E-state index in [9.17, 15) is 4.79 Å².